The number of benzene rings is 1. The molecule has 0 bridgehead atoms. The van der Waals surface area contributed by atoms with Crippen LogP contribution in [0.15, 0.2) is 46.3 Å². The molecule has 1 N–H and O–H groups in total. The predicted octanol–water partition coefficient (Wildman–Crippen LogP) is 4.47. The fraction of sp³-hybridized carbons (Fsp3) is 0.364. The van der Waals surface area contributed by atoms with Gasteiger partial charge in [-0.25, -0.2) is 0 Å². The van der Waals surface area contributed by atoms with E-state index in [4.69, 9.17) is 4.74 Å². The van der Waals surface area contributed by atoms with Gasteiger partial charge in [-0.1, -0.05) is 0 Å². The lowest BCUT2D eigenvalue weighted by Gasteiger charge is -2.16. The highest BCUT2D eigenvalue weighted by atomic mass is 32.2. The van der Waals surface area contributed by atoms with Crippen LogP contribution in [-0.2, 0) is 7.05 Å². The van der Waals surface area contributed by atoms with E-state index in [9.17, 15) is 10.1 Å². The monoisotopic (exact) mass is 391 g/mol. The SMILES string of the molecule is Cn1cc(-c2cc(SC3(C#N)CC3)ccc2OCC2CC2)c2cc[nH]c2c1=O. The van der Waals surface area contributed by atoms with Crippen molar-refractivity contribution in [2.24, 2.45) is 13.0 Å². The molecule has 2 heterocycles. The van der Waals surface area contributed by atoms with E-state index in [2.05, 4.69) is 17.1 Å². The molecule has 0 aliphatic heterocycles. The summed E-state index contributed by atoms with van der Waals surface area (Å²) in [4.78, 5) is 16.6. The number of fused-ring (bicyclic) bond motifs is 1. The standard InChI is InChI=1S/C22H21N3O2S/c1-25-11-18(16-6-9-24-20(16)21(25)26)17-10-15(28-22(13-23)7-8-22)4-5-19(17)27-12-14-2-3-14/h4-6,9-11,14,24H,2-3,7-8,12H2,1H3. The molecule has 6 heteroatoms. The minimum atomic E-state index is -0.277. The van der Waals surface area contributed by atoms with Crippen molar-refractivity contribution >= 4 is 22.7 Å². The van der Waals surface area contributed by atoms with Gasteiger partial charge < -0.3 is 14.3 Å². The zero-order valence-corrected chi connectivity index (χ0v) is 16.5. The summed E-state index contributed by atoms with van der Waals surface area (Å²) >= 11 is 1.63. The third-order valence-electron chi connectivity index (χ3n) is 5.53. The Labute approximate surface area is 167 Å². The zero-order chi connectivity index (χ0) is 19.3. The number of nitrogens with zero attached hydrogens (tertiary/aromatic N) is 2. The lowest BCUT2D eigenvalue weighted by atomic mass is 10.0. The van der Waals surface area contributed by atoms with Gasteiger partial charge in [0.15, 0.2) is 0 Å². The van der Waals surface area contributed by atoms with Crippen molar-refractivity contribution in [3.63, 3.8) is 0 Å². The lowest BCUT2D eigenvalue weighted by Crippen LogP contribution is -2.16. The van der Waals surface area contributed by atoms with Crippen molar-refractivity contribution in [3.8, 4) is 22.9 Å². The minimum Gasteiger partial charge on any atom is -0.493 e. The summed E-state index contributed by atoms with van der Waals surface area (Å²) in [7, 11) is 1.77. The van der Waals surface area contributed by atoms with Gasteiger partial charge in [-0.3, -0.25) is 4.79 Å². The van der Waals surface area contributed by atoms with Crippen LogP contribution in [0.25, 0.3) is 22.0 Å². The molecule has 5 nitrogen and oxygen atoms in total. The van der Waals surface area contributed by atoms with Crippen molar-refractivity contribution in [2.75, 3.05) is 6.61 Å². The van der Waals surface area contributed by atoms with Crippen molar-refractivity contribution < 1.29 is 4.74 Å². The Morgan fingerprint density at radius 1 is 1.32 bits per heavy atom. The molecule has 28 heavy (non-hydrogen) atoms. The Kier molecular flexibility index (Phi) is 4.02. The topological polar surface area (TPSA) is 70.8 Å². The summed E-state index contributed by atoms with van der Waals surface area (Å²) in [6.07, 6.45) is 8.01. The summed E-state index contributed by atoms with van der Waals surface area (Å²) < 4.78 is 7.50. The molecule has 142 valence electrons. The number of pyridine rings is 1. The molecule has 5 rings (SSSR count). The smallest absolute Gasteiger partial charge is 0.274 e. The number of aryl methyl sites for hydroxylation is 1. The first-order valence-corrected chi connectivity index (χ1v) is 10.4. The molecule has 2 saturated carbocycles. The first-order valence-electron chi connectivity index (χ1n) is 9.63. The predicted molar refractivity (Wildman–Crippen MR) is 111 cm³/mol. The fourth-order valence-corrected chi connectivity index (χ4v) is 4.58. The van der Waals surface area contributed by atoms with Gasteiger partial charge in [0, 0.05) is 40.8 Å². The maximum atomic E-state index is 12.4. The van der Waals surface area contributed by atoms with E-state index < -0.39 is 0 Å². The number of rotatable bonds is 6. The molecule has 0 radical (unpaired) electrons. The number of hydrogen-bond acceptors (Lipinski definition) is 4. The normalized spacial score (nSPS) is 17.4. The van der Waals surface area contributed by atoms with Gasteiger partial charge in [-0.15, -0.1) is 11.8 Å². The van der Waals surface area contributed by atoms with Crippen molar-refractivity contribution in [1.29, 1.82) is 5.26 Å². The van der Waals surface area contributed by atoms with Crippen molar-refractivity contribution in [3.05, 3.63) is 47.0 Å². The van der Waals surface area contributed by atoms with Gasteiger partial charge >= 0.3 is 0 Å². The van der Waals surface area contributed by atoms with Crippen LogP contribution in [0.5, 0.6) is 5.75 Å². The molecule has 3 aromatic rings. The van der Waals surface area contributed by atoms with E-state index in [1.807, 2.05) is 24.4 Å². The average Bonchev–Trinajstić information content (AvgIpc) is 3.62. The number of aromatic nitrogens is 2. The van der Waals surface area contributed by atoms with E-state index in [0.717, 1.165) is 46.6 Å². The van der Waals surface area contributed by atoms with Crippen molar-refractivity contribution in [2.45, 2.75) is 35.3 Å². The van der Waals surface area contributed by atoms with Crippen LogP contribution in [0.4, 0.5) is 0 Å². The van der Waals surface area contributed by atoms with E-state index in [0.29, 0.717) is 11.4 Å². The third kappa shape index (κ3) is 3.10. The Bertz CT molecular complexity index is 1160. The average molecular weight is 391 g/mol. The summed E-state index contributed by atoms with van der Waals surface area (Å²) in [5.41, 5.74) is 2.49. The summed E-state index contributed by atoms with van der Waals surface area (Å²) in [6.45, 7) is 0.726. The Morgan fingerprint density at radius 2 is 2.14 bits per heavy atom. The minimum absolute atomic E-state index is 0.0452. The van der Waals surface area contributed by atoms with Gasteiger partial charge in [0.1, 0.15) is 16.0 Å². The molecule has 0 unspecified atom stereocenters. The number of aromatic amines is 1. The second-order valence-electron chi connectivity index (χ2n) is 7.85. The highest BCUT2D eigenvalue weighted by Gasteiger charge is 2.44. The molecule has 0 amide bonds. The molecule has 0 atom stereocenters. The van der Waals surface area contributed by atoms with Crippen LogP contribution >= 0.6 is 11.8 Å². The van der Waals surface area contributed by atoms with Crippen LogP contribution in [0.1, 0.15) is 25.7 Å². The molecular formula is C22H21N3O2S. The van der Waals surface area contributed by atoms with Crippen LogP contribution in [0.2, 0.25) is 0 Å². The quantitative estimate of drug-likeness (QED) is 0.673. The first-order chi connectivity index (χ1) is 13.6. The maximum absolute atomic E-state index is 12.4. The number of thioether (sulfide) groups is 1. The highest BCUT2D eigenvalue weighted by Crippen LogP contribution is 2.52. The number of ether oxygens (including phenoxy) is 1. The zero-order valence-electron chi connectivity index (χ0n) is 15.7. The van der Waals surface area contributed by atoms with Gasteiger partial charge in [0.05, 0.1) is 12.7 Å². The number of hydrogen-bond donors (Lipinski definition) is 1. The summed E-state index contributed by atoms with van der Waals surface area (Å²) in [6, 6.07) is 10.5. The fourth-order valence-electron chi connectivity index (χ4n) is 3.46. The van der Waals surface area contributed by atoms with E-state index in [1.54, 1.807) is 29.6 Å². The molecule has 2 aliphatic rings. The van der Waals surface area contributed by atoms with E-state index in [-0.39, 0.29) is 10.3 Å². The molecule has 0 spiro atoms. The van der Waals surface area contributed by atoms with Crippen molar-refractivity contribution in [1.82, 2.24) is 9.55 Å². The largest absolute Gasteiger partial charge is 0.493 e. The molecule has 2 fully saturated rings. The van der Waals surface area contributed by atoms with Gasteiger partial charge in [0.25, 0.3) is 5.56 Å². The molecule has 0 saturated heterocycles. The Morgan fingerprint density at radius 3 is 2.86 bits per heavy atom. The molecule has 2 aliphatic carbocycles. The Hall–Kier alpha value is -2.65. The highest BCUT2D eigenvalue weighted by molar-refractivity contribution is 8.01. The lowest BCUT2D eigenvalue weighted by molar-refractivity contribution is 0.301. The van der Waals surface area contributed by atoms with Crippen LogP contribution < -0.4 is 10.3 Å². The summed E-state index contributed by atoms with van der Waals surface area (Å²) in [5, 5.41) is 10.3. The second kappa shape index (κ2) is 6.46. The van der Waals surface area contributed by atoms with E-state index >= 15 is 0 Å². The molecule has 1 aromatic carbocycles. The van der Waals surface area contributed by atoms with Crippen LogP contribution in [0, 0.1) is 17.2 Å². The number of H-pyrrole nitrogens is 1. The second-order valence-corrected chi connectivity index (χ2v) is 9.30. The van der Waals surface area contributed by atoms with Gasteiger partial charge in [0.2, 0.25) is 0 Å². The third-order valence-corrected chi connectivity index (χ3v) is 6.91. The Balaban J connectivity index is 1.63. The summed E-state index contributed by atoms with van der Waals surface area (Å²) in [5.74, 6) is 1.49. The van der Waals surface area contributed by atoms with E-state index in [1.165, 1.54) is 12.8 Å². The number of nitrogens with one attached hydrogen (secondary N) is 1. The number of nitriles is 1. The van der Waals surface area contributed by atoms with Crippen LogP contribution in [-0.4, -0.2) is 20.9 Å². The maximum Gasteiger partial charge on any atom is 0.274 e. The van der Waals surface area contributed by atoms with Crippen LogP contribution in [0.3, 0.4) is 0 Å². The van der Waals surface area contributed by atoms with Gasteiger partial charge in [-0.05, 0) is 55.9 Å². The molecular weight excluding hydrogens is 370 g/mol. The molecule has 2 aromatic heterocycles. The van der Waals surface area contributed by atoms with Gasteiger partial charge in [-0.2, -0.15) is 5.26 Å². The first kappa shape index (κ1) is 17.4.